The molecule has 1 aliphatic heterocycles. The van der Waals surface area contributed by atoms with Crippen LogP contribution in [0.3, 0.4) is 0 Å². The Bertz CT molecular complexity index is 206. The molecule has 1 fully saturated rings. The van der Waals surface area contributed by atoms with Crippen LogP contribution < -0.4 is 16.4 Å². The summed E-state index contributed by atoms with van der Waals surface area (Å²) in [4.78, 5) is 21.3. The van der Waals surface area contributed by atoms with E-state index in [2.05, 4.69) is 5.32 Å². The first kappa shape index (κ1) is 8.95. The number of nitrogens with one attached hydrogen (secondary N) is 2. The zero-order valence-corrected chi connectivity index (χ0v) is 6.41. The number of amides is 3. The van der Waals surface area contributed by atoms with E-state index >= 15 is 0 Å². The van der Waals surface area contributed by atoms with Gasteiger partial charge in [-0.2, -0.15) is 0 Å². The topological polar surface area (TPSA) is 104 Å². The van der Waals surface area contributed by atoms with Crippen LogP contribution in [-0.4, -0.2) is 35.7 Å². The van der Waals surface area contributed by atoms with Gasteiger partial charge in [-0.25, -0.2) is 4.79 Å². The van der Waals surface area contributed by atoms with Gasteiger partial charge in [-0.3, -0.25) is 10.1 Å². The molecule has 12 heavy (non-hydrogen) atoms. The summed E-state index contributed by atoms with van der Waals surface area (Å²) in [6.07, 6.45) is -0.201. The number of aliphatic hydroxyl groups excluding tert-OH is 1. The van der Waals surface area contributed by atoms with Gasteiger partial charge in [0.1, 0.15) is 0 Å². The fraction of sp³-hybridized carbons (Fsp3) is 0.667. The number of nitrogens with two attached hydrogens (primary N) is 1. The van der Waals surface area contributed by atoms with Gasteiger partial charge in [0.25, 0.3) is 0 Å². The van der Waals surface area contributed by atoms with Crippen molar-refractivity contribution in [2.24, 2.45) is 5.73 Å². The molecule has 0 aliphatic carbocycles. The molecule has 0 radical (unpaired) electrons. The lowest BCUT2D eigenvalue weighted by molar-refractivity contribution is -0.121. The summed E-state index contributed by atoms with van der Waals surface area (Å²) < 4.78 is 0. The summed E-state index contributed by atoms with van der Waals surface area (Å²) in [5.41, 5.74) is 4.73. The molecule has 6 nitrogen and oxygen atoms in total. The monoisotopic (exact) mass is 173 g/mol. The van der Waals surface area contributed by atoms with E-state index < -0.39 is 24.1 Å². The van der Waals surface area contributed by atoms with Crippen LogP contribution in [0.4, 0.5) is 4.79 Å². The molecule has 0 bridgehead atoms. The Hall–Kier alpha value is -1.14. The molecular weight excluding hydrogens is 162 g/mol. The summed E-state index contributed by atoms with van der Waals surface area (Å²) in [7, 11) is 0. The van der Waals surface area contributed by atoms with Crippen molar-refractivity contribution in [3.8, 4) is 0 Å². The van der Waals surface area contributed by atoms with Crippen LogP contribution in [0.25, 0.3) is 0 Å². The van der Waals surface area contributed by atoms with Crippen molar-refractivity contribution in [1.29, 1.82) is 0 Å². The Morgan fingerprint density at radius 2 is 2.25 bits per heavy atom. The Morgan fingerprint density at radius 1 is 1.58 bits per heavy atom. The van der Waals surface area contributed by atoms with Crippen molar-refractivity contribution in [2.75, 3.05) is 6.54 Å². The highest BCUT2D eigenvalue weighted by Gasteiger charge is 2.28. The van der Waals surface area contributed by atoms with Crippen molar-refractivity contribution in [2.45, 2.75) is 18.6 Å². The average molecular weight is 173 g/mol. The molecule has 3 amide bonds. The standard InChI is InChI=1S/C6H11N3O3/c7-6(12)9-5(11)4-1-3(10)2-8-4/h3-4,8,10H,1-2H2,(H3,7,9,11,12). The third kappa shape index (κ3) is 2.18. The van der Waals surface area contributed by atoms with Gasteiger partial charge >= 0.3 is 6.03 Å². The molecule has 0 spiro atoms. The van der Waals surface area contributed by atoms with Crippen LogP contribution in [0.5, 0.6) is 0 Å². The van der Waals surface area contributed by atoms with Gasteiger partial charge in [-0.1, -0.05) is 0 Å². The van der Waals surface area contributed by atoms with E-state index in [0.717, 1.165) is 0 Å². The highest BCUT2D eigenvalue weighted by Crippen LogP contribution is 2.05. The quantitative estimate of drug-likeness (QED) is 0.364. The van der Waals surface area contributed by atoms with E-state index in [4.69, 9.17) is 10.8 Å². The van der Waals surface area contributed by atoms with E-state index in [1.54, 1.807) is 0 Å². The second-order valence-electron chi connectivity index (χ2n) is 2.70. The first-order chi connectivity index (χ1) is 5.59. The van der Waals surface area contributed by atoms with Crippen LogP contribution >= 0.6 is 0 Å². The summed E-state index contributed by atoms with van der Waals surface area (Å²) in [5.74, 6) is -0.487. The Labute approximate surface area is 69.1 Å². The van der Waals surface area contributed by atoms with E-state index in [9.17, 15) is 9.59 Å². The second-order valence-corrected chi connectivity index (χ2v) is 2.70. The summed E-state index contributed by atoms with van der Waals surface area (Å²) in [6, 6.07) is -1.38. The number of rotatable bonds is 1. The number of carbonyl (C=O) groups is 2. The molecule has 0 aromatic carbocycles. The van der Waals surface area contributed by atoms with Crippen molar-refractivity contribution < 1.29 is 14.7 Å². The number of aliphatic hydroxyl groups is 1. The van der Waals surface area contributed by atoms with Crippen LogP contribution in [0.15, 0.2) is 0 Å². The largest absolute Gasteiger partial charge is 0.392 e. The predicted molar refractivity (Wildman–Crippen MR) is 40.1 cm³/mol. The minimum atomic E-state index is -0.872. The fourth-order valence-corrected chi connectivity index (χ4v) is 1.13. The van der Waals surface area contributed by atoms with Crippen molar-refractivity contribution in [3.05, 3.63) is 0 Å². The maximum Gasteiger partial charge on any atom is 0.318 e. The summed E-state index contributed by atoms with van der Waals surface area (Å²) >= 11 is 0. The maximum atomic E-state index is 11.0. The van der Waals surface area contributed by atoms with E-state index in [1.165, 1.54) is 0 Å². The highest BCUT2D eigenvalue weighted by atomic mass is 16.3. The van der Waals surface area contributed by atoms with Crippen molar-refractivity contribution in [3.63, 3.8) is 0 Å². The summed E-state index contributed by atoms with van der Waals surface area (Å²) in [5, 5.41) is 13.7. The Morgan fingerprint density at radius 3 is 2.67 bits per heavy atom. The molecule has 6 heteroatoms. The van der Waals surface area contributed by atoms with Crippen LogP contribution in [0.2, 0.25) is 0 Å². The second kappa shape index (κ2) is 3.51. The molecule has 1 aliphatic rings. The smallest absolute Gasteiger partial charge is 0.318 e. The molecular formula is C6H11N3O3. The molecule has 1 rings (SSSR count). The predicted octanol–water partition coefficient (Wildman–Crippen LogP) is -2.10. The fourth-order valence-electron chi connectivity index (χ4n) is 1.13. The van der Waals surface area contributed by atoms with Gasteiger partial charge < -0.3 is 16.2 Å². The molecule has 0 aromatic rings. The Kier molecular flexibility index (Phi) is 2.61. The number of carbonyl (C=O) groups excluding carboxylic acids is 2. The maximum absolute atomic E-state index is 11.0. The molecule has 0 aromatic heterocycles. The van der Waals surface area contributed by atoms with E-state index in [1.807, 2.05) is 5.32 Å². The zero-order chi connectivity index (χ0) is 9.14. The number of β-amino-alcohol motifs (C(OH)–C–C–N with tert-alkyl or cyclic N) is 1. The van der Waals surface area contributed by atoms with Crippen LogP contribution in [0.1, 0.15) is 6.42 Å². The van der Waals surface area contributed by atoms with E-state index in [-0.39, 0.29) is 0 Å². The van der Waals surface area contributed by atoms with Gasteiger partial charge in [-0.05, 0) is 6.42 Å². The first-order valence-electron chi connectivity index (χ1n) is 3.61. The lowest BCUT2D eigenvalue weighted by Gasteiger charge is -2.07. The van der Waals surface area contributed by atoms with Gasteiger partial charge in [0.05, 0.1) is 12.1 Å². The highest BCUT2D eigenvalue weighted by molar-refractivity contribution is 5.96. The van der Waals surface area contributed by atoms with Gasteiger partial charge in [0.15, 0.2) is 0 Å². The van der Waals surface area contributed by atoms with Gasteiger partial charge in [0, 0.05) is 6.54 Å². The summed E-state index contributed by atoms with van der Waals surface area (Å²) in [6.45, 7) is 0.372. The molecule has 5 N–H and O–H groups in total. The average Bonchev–Trinajstić information content (AvgIpc) is 2.34. The molecule has 2 unspecified atom stereocenters. The third-order valence-electron chi connectivity index (χ3n) is 1.67. The van der Waals surface area contributed by atoms with Gasteiger partial charge in [-0.15, -0.1) is 0 Å². The van der Waals surface area contributed by atoms with Crippen molar-refractivity contribution >= 4 is 11.9 Å². The van der Waals surface area contributed by atoms with Gasteiger partial charge in [0.2, 0.25) is 5.91 Å². The molecule has 1 heterocycles. The SMILES string of the molecule is NC(=O)NC(=O)C1CC(O)CN1. The lowest BCUT2D eigenvalue weighted by Crippen LogP contribution is -2.45. The molecule has 0 saturated carbocycles. The zero-order valence-electron chi connectivity index (χ0n) is 6.41. The van der Waals surface area contributed by atoms with E-state index in [0.29, 0.717) is 13.0 Å². The number of primary amides is 1. The minimum absolute atomic E-state index is 0.319. The van der Waals surface area contributed by atoms with Crippen LogP contribution in [0, 0.1) is 0 Å². The number of hydrogen-bond donors (Lipinski definition) is 4. The van der Waals surface area contributed by atoms with Crippen LogP contribution in [-0.2, 0) is 4.79 Å². The van der Waals surface area contributed by atoms with Crippen molar-refractivity contribution in [1.82, 2.24) is 10.6 Å². The molecule has 68 valence electrons. The first-order valence-corrected chi connectivity index (χ1v) is 3.61. The number of urea groups is 1. The number of hydrogen-bond acceptors (Lipinski definition) is 4. The normalized spacial score (nSPS) is 28.4. The molecule has 2 atom stereocenters. The lowest BCUT2D eigenvalue weighted by atomic mass is 10.2. The third-order valence-corrected chi connectivity index (χ3v) is 1.67. The molecule has 1 saturated heterocycles. The number of imide groups is 1. The Balaban J connectivity index is 2.38. The minimum Gasteiger partial charge on any atom is -0.392 e.